The predicted molar refractivity (Wildman–Crippen MR) is 96.0 cm³/mol. The molecular weight excluding hydrogens is 316 g/mol. The molecular formula is C19H22N4O2. The van der Waals surface area contributed by atoms with Gasteiger partial charge in [-0.2, -0.15) is 0 Å². The molecule has 2 N–H and O–H groups in total. The van der Waals surface area contributed by atoms with Gasteiger partial charge in [-0.25, -0.2) is 9.97 Å². The fraction of sp³-hybridized carbons (Fsp3) is 0.421. The van der Waals surface area contributed by atoms with E-state index in [0.717, 1.165) is 55.3 Å². The maximum absolute atomic E-state index is 11.6. The van der Waals surface area contributed by atoms with Gasteiger partial charge in [-0.1, -0.05) is 6.07 Å². The molecule has 1 aliphatic carbocycles. The normalized spacial score (nSPS) is 15.6. The van der Waals surface area contributed by atoms with Gasteiger partial charge in [0.25, 0.3) is 5.91 Å². The Labute approximate surface area is 147 Å². The van der Waals surface area contributed by atoms with Gasteiger partial charge in [-0.3, -0.25) is 4.79 Å². The van der Waals surface area contributed by atoms with E-state index < -0.39 is 5.91 Å². The third-order valence-electron chi connectivity index (χ3n) is 4.88. The van der Waals surface area contributed by atoms with E-state index in [-0.39, 0.29) is 0 Å². The molecule has 2 aromatic rings. The number of hydrogen-bond acceptors (Lipinski definition) is 5. The largest absolute Gasteiger partial charge is 0.493 e. The lowest BCUT2D eigenvalue weighted by molar-refractivity contribution is 0.0996. The highest BCUT2D eigenvalue weighted by atomic mass is 16.5. The summed E-state index contributed by atoms with van der Waals surface area (Å²) in [5.74, 6) is 0.853. The number of aryl methyl sites for hydroxylation is 1. The smallest absolute Gasteiger partial charge is 0.252 e. The van der Waals surface area contributed by atoms with Gasteiger partial charge in [-0.15, -0.1) is 0 Å². The highest BCUT2D eigenvalue weighted by Crippen LogP contribution is 2.35. The molecule has 0 atom stereocenters. The van der Waals surface area contributed by atoms with Crippen molar-refractivity contribution in [1.29, 1.82) is 0 Å². The number of carbonyl (C=O) groups is 1. The molecule has 25 heavy (non-hydrogen) atoms. The minimum Gasteiger partial charge on any atom is -0.493 e. The summed E-state index contributed by atoms with van der Waals surface area (Å²) in [5, 5.41) is 0. The molecule has 1 aromatic carbocycles. The van der Waals surface area contributed by atoms with Crippen molar-refractivity contribution in [2.24, 2.45) is 5.73 Å². The number of rotatable bonds is 5. The number of ether oxygens (including phenoxy) is 1. The van der Waals surface area contributed by atoms with Gasteiger partial charge in [0.2, 0.25) is 5.95 Å². The average molecular weight is 338 g/mol. The quantitative estimate of drug-likeness (QED) is 0.905. The summed E-state index contributed by atoms with van der Waals surface area (Å²) in [6.45, 7) is 4.40. The van der Waals surface area contributed by atoms with Crippen LogP contribution in [0.25, 0.3) is 11.3 Å². The fourth-order valence-electron chi connectivity index (χ4n) is 3.46. The molecule has 130 valence electrons. The van der Waals surface area contributed by atoms with Gasteiger partial charge < -0.3 is 15.4 Å². The SMILES string of the molecule is CCOc1cc(-c2nc(N3CCC3)nc3c2CCC3)ccc1C(N)=O. The van der Waals surface area contributed by atoms with Crippen molar-refractivity contribution in [1.82, 2.24) is 9.97 Å². The Bertz CT molecular complexity index is 830. The van der Waals surface area contributed by atoms with Gasteiger partial charge >= 0.3 is 0 Å². The molecule has 4 rings (SSSR count). The number of nitrogens with zero attached hydrogens (tertiary/aromatic N) is 3. The van der Waals surface area contributed by atoms with Crippen LogP contribution in [0.15, 0.2) is 18.2 Å². The first-order valence-corrected chi connectivity index (χ1v) is 8.89. The summed E-state index contributed by atoms with van der Waals surface area (Å²) < 4.78 is 5.64. The predicted octanol–water partition coefficient (Wildman–Crippen LogP) is 2.34. The Hall–Kier alpha value is -2.63. The molecule has 1 saturated heterocycles. The van der Waals surface area contributed by atoms with Crippen LogP contribution in [0.1, 0.15) is 41.4 Å². The molecule has 0 saturated carbocycles. The van der Waals surface area contributed by atoms with Crippen LogP contribution in [0.5, 0.6) is 5.75 Å². The van der Waals surface area contributed by atoms with E-state index in [1.54, 1.807) is 6.07 Å². The van der Waals surface area contributed by atoms with Crippen LogP contribution in [-0.2, 0) is 12.8 Å². The van der Waals surface area contributed by atoms with Crippen molar-refractivity contribution in [3.05, 3.63) is 35.0 Å². The summed E-state index contributed by atoms with van der Waals surface area (Å²) in [4.78, 5) is 23.5. The Kier molecular flexibility index (Phi) is 4.03. The highest BCUT2D eigenvalue weighted by molar-refractivity contribution is 5.96. The van der Waals surface area contributed by atoms with Crippen molar-refractivity contribution in [3.63, 3.8) is 0 Å². The lowest BCUT2D eigenvalue weighted by Crippen LogP contribution is -2.38. The van der Waals surface area contributed by atoms with Crippen LogP contribution in [0, 0.1) is 0 Å². The molecule has 1 amide bonds. The molecule has 2 aliphatic rings. The van der Waals surface area contributed by atoms with Crippen molar-refractivity contribution in [2.45, 2.75) is 32.6 Å². The van der Waals surface area contributed by atoms with E-state index in [0.29, 0.717) is 17.9 Å². The van der Waals surface area contributed by atoms with E-state index >= 15 is 0 Å². The van der Waals surface area contributed by atoms with Crippen LogP contribution in [-0.4, -0.2) is 35.6 Å². The van der Waals surface area contributed by atoms with Gasteiger partial charge in [0.1, 0.15) is 5.75 Å². The first kappa shape index (κ1) is 15.9. The van der Waals surface area contributed by atoms with Gasteiger partial charge in [-0.05, 0) is 44.7 Å². The second-order valence-corrected chi connectivity index (χ2v) is 6.50. The number of fused-ring (bicyclic) bond motifs is 1. The summed E-state index contributed by atoms with van der Waals surface area (Å²) in [7, 11) is 0. The van der Waals surface area contributed by atoms with E-state index in [4.69, 9.17) is 20.4 Å². The van der Waals surface area contributed by atoms with Crippen molar-refractivity contribution < 1.29 is 9.53 Å². The molecule has 0 spiro atoms. The summed E-state index contributed by atoms with van der Waals surface area (Å²) in [6, 6.07) is 5.52. The lowest BCUT2D eigenvalue weighted by atomic mass is 10.0. The maximum Gasteiger partial charge on any atom is 0.252 e. The molecule has 1 aliphatic heterocycles. The van der Waals surface area contributed by atoms with Gasteiger partial charge in [0.15, 0.2) is 0 Å². The Balaban J connectivity index is 1.82. The number of nitrogens with two attached hydrogens (primary N) is 1. The third-order valence-corrected chi connectivity index (χ3v) is 4.88. The topological polar surface area (TPSA) is 81.3 Å². The van der Waals surface area contributed by atoms with Crippen molar-refractivity contribution in [3.8, 4) is 17.0 Å². The molecule has 1 aromatic heterocycles. The molecule has 0 radical (unpaired) electrons. The minimum atomic E-state index is -0.482. The third kappa shape index (κ3) is 2.81. The van der Waals surface area contributed by atoms with Gasteiger partial charge in [0, 0.05) is 29.9 Å². The van der Waals surface area contributed by atoms with Crippen LogP contribution < -0.4 is 15.4 Å². The van der Waals surface area contributed by atoms with E-state index in [1.807, 2.05) is 19.1 Å². The zero-order chi connectivity index (χ0) is 17.4. The van der Waals surface area contributed by atoms with Gasteiger partial charge in [0.05, 0.1) is 17.9 Å². The van der Waals surface area contributed by atoms with Crippen molar-refractivity contribution >= 4 is 11.9 Å². The second kappa shape index (κ2) is 6.35. The molecule has 6 nitrogen and oxygen atoms in total. The monoisotopic (exact) mass is 338 g/mol. The second-order valence-electron chi connectivity index (χ2n) is 6.50. The minimum absolute atomic E-state index is 0.402. The standard InChI is InChI=1S/C19H22N4O2/c1-2-25-16-11-12(7-8-14(16)18(20)24)17-13-5-3-6-15(13)21-19(22-17)23-9-4-10-23/h7-8,11H,2-6,9-10H2,1H3,(H2,20,24). The number of carbonyl (C=O) groups excluding carboxylic acids is 1. The molecule has 0 unspecified atom stereocenters. The van der Waals surface area contributed by atoms with E-state index in [2.05, 4.69) is 4.90 Å². The number of hydrogen-bond donors (Lipinski definition) is 1. The van der Waals surface area contributed by atoms with Crippen molar-refractivity contribution in [2.75, 3.05) is 24.6 Å². The summed E-state index contributed by atoms with van der Waals surface area (Å²) in [5.41, 5.74) is 10.2. The zero-order valence-electron chi connectivity index (χ0n) is 14.4. The number of anilines is 1. The summed E-state index contributed by atoms with van der Waals surface area (Å²) >= 11 is 0. The molecule has 1 fully saturated rings. The maximum atomic E-state index is 11.6. The number of primary amides is 1. The molecule has 0 bridgehead atoms. The first-order chi connectivity index (χ1) is 12.2. The number of amides is 1. The van der Waals surface area contributed by atoms with E-state index in [9.17, 15) is 4.79 Å². The van der Waals surface area contributed by atoms with E-state index in [1.165, 1.54) is 12.0 Å². The Morgan fingerprint density at radius 1 is 1.24 bits per heavy atom. The average Bonchev–Trinajstić information content (AvgIpc) is 3.01. The Morgan fingerprint density at radius 2 is 2.08 bits per heavy atom. The number of aromatic nitrogens is 2. The number of benzene rings is 1. The molecule has 2 heterocycles. The van der Waals surface area contributed by atoms with Crippen LogP contribution in [0.2, 0.25) is 0 Å². The lowest BCUT2D eigenvalue weighted by Gasteiger charge is -2.31. The summed E-state index contributed by atoms with van der Waals surface area (Å²) in [6.07, 6.45) is 4.30. The highest BCUT2D eigenvalue weighted by Gasteiger charge is 2.25. The fourth-order valence-corrected chi connectivity index (χ4v) is 3.46. The first-order valence-electron chi connectivity index (χ1n) is 8.89. The Morgan fingerprint density at radius 3 is 2.76 bits per heavy atom. The van der Waals surface area contributed by atoms with Crippen LogP contribution in [0.4, 0.5) is 5.95 Å². The molecule has 6 heteroatoms. The van der Waals surface area contributed by atoms with Crippen LogP contribution >= 0.6 is 0 Å². The zero-order valence-corrected chi connectivity index (χ0v) is 14.4. The van der Waals surface area contributed by atoms with Crippen LogP contribution in [0.3, 0.4) is 0 Å².